The van der Waals surface area contributed by atoms with Gasteiger partial charge in [-0.1, -0.05) is 49.3 Å². The number of aliphatic imine (C=N–C) groups is 1. The molecule has 1 aliphatic carbocycles. The summed E-state index contributed by atoms with van der Waals surface area (Å²) in [5, 5.41) is 14.1. The maximum absolute atomic E-state index is 13.3. The van der Waals surface area contributed by atoms with Crippen LogP contribution in [0.3, 0.4) is 0 Å². The first kappa shape index (κ1) is 25.0. The SMILES string of the molecule is COc1ccc([C@@H]2C(C#N)=C(SCC(=O)Nc3ccc(Cl)cc3)N=C3CC(C)(C)CC(=O)C32)cc1. The predicted octanol–water partition coefficient (Wildman–Crippen LogP) is 6.00. The number of amides is 1. The van der Waals surface area contributed by atoms with Crippen LogP contribution in [0.5, 0.6) is 5.75 Å². The number of rotatable bonds is 6. The Kier molecular flexibility index (Phi) is 7.34. The van der Waals surface area contributed by atoms with Crippen LogP contribution in [0.1, 0.15) is 38.2 Å². The molecule has 1 unspecified atom stereocenters. The van der Waals surface area contributed by atoms with E-state index >= 15 is 0 Å². The summed E-state index contributed by atoms with van der Waals surface area (Å²) in [4.78, 5) is 30.7. The molecule has 1 amide bonds. The lowest BCUT2D eigenvalue weighted by atomic mass is 9.64. The molecule has 8 heteroatoms. The number of fused-ring (bicyclic) bond motifs is 1. The molecule has 1 N–H and O–H groups in total. The average molecular weight is 508 g/mol. The second-order valence-electron chi connectivity index (χ2n) is 9.49. The highest BCUT2D eigenvalue weighted by Gasteiger charge is 2.46. The van der Waals surface area contributed by atoms with Gasteiger partial charge in [0.1, 0.15) is 16.6 Å². The summed E-state index contributed by atoms with van der Waals surface area (Å²) in [7, 11) is 1.59. The maximum Gasteiger partial charge on any atom is 0.234 e. The summed E-state index contributed by atoms with van der Waals surface area (Å²) in [6, 6.07) is 16.6. The number of carbonyl (C=O) groups is 2. The third kappa shape index (κ3) is 5.61. The van der Waals surface area contributed by atoms with Crippen molar-refractivity contribution in [2.45, 2.75) is 32.6 Å². The summed E-state index contributed by atoms with van der Waals surface area (Å²) < 4.78 is 5.28. The van der Waals surface area contributed by atoms with Crippen molar-refractivity contribution in [1.82, 2.24) is 0 Å². The zero-order valence-corrected chi connectivity index (χ0v) is 21.4. The van der Waals surface area contributed by atoms with Crippen LogP contribution in [-0.4, -0.2) is 30.3 Å². The Hall–Kier alpha value is -3.08. The molecule has 0 aromatic heterocycles. The minimum Gasteiger partial charge on any atom is -0.497 e. The molecule has 4 rings (SSSR count). The molecule has 0 spiro atoms. The third-order valence-electron chi connectivity index (χ3n) is 6.20. The monoisotopic (exact) mass is 507 g/mol. The normalized spacial score (nSPS) is 21.0. The van der Waals surface area contributed by atoms with E-state index in [2.05, 4.69) is 25.2 Å². The van der Waals surface area contributed by atoms with Crippen molar-refractivity contribution in [3.05, 3.63) is 69.7 Å². The number of carbonyl (C=O) groups excluding carboxylic acids is 2. The number of nitrogens with one attached hydrogen (secondary N) is 1. The van der Waals surface area contributed by atoms with Gasteiger partial charge in [-0.2, -0.15) is 5.26 Å². The summed E-state index contributed by atoms with van der Waals surface area (Å²) in [6.07, 6.45) is 1.10. The molecule has 2 atom stereocenters. The van der Waals surface area contributed by atoms with Gasteiger partial charge in [0, 0.05) is 28.8 Å². The first-order chi connectivity index (χ1) is 16.7. The number of ether oxygens (including phenoxy) is 1. The molecule has 1 saturated carbocycles. The molecule has 0 radical (unpaired) electrons. The van der Waals surface area contributed by atoms with E-state index in [0.29, 0.717) is 39.9 Å². The maximum atomic E-state index is 13.3. The van der Waals surface area contributed by atoms with E-state index in [1.165, 1.54) is 11.8 Å². The number of anilines is 1. The summed E-state index contributed by atoms with van der Waals surface area (Å²) >= 11 is 7.13. The first-order valence-corrected chi connectivity index (χ1v) is 12.6. The number of allylic oxidation sites excluding steroid dienone is 1. The Morgan fingerprint density at radius 2 is 1.86 bits per heavy atom. The Morgan fingerprint density at radius 3 is 2.49 bits per heavy atom. The number of hydrogen-bond acceptors (Lipinski definition) is 6. The minimum absolute atomic E-state index is 0.0806. The smallest absolute Gasteiger partial charge is 0.234 e. The van der Waals surface area contributed by atoms with Gasteiger partial charge in [-0.3, -0.25) is 9.59 Å². The topological polar surface area (TPSA) is 91.5 Å². The second-order valence-corrected chi connectivity index (χ2v) is 10.9. The standard InChI is InChI=1S/C27H26ClN3O3S/c1-27(2)12-21-25(22(32)13-27)24(16-4-10-19(34-3)11-5-16)20(14-29)26(31-21)35-15-23(33)30-18-8-6-17(28)7-9-18/h4-11,24-25H,12-13,15H2,1-3H3,(H,30,33)/t24-,25?/m1/s1. The van der Waals surface area contributed by atoms with Gasteiger partial charge in [-0.05, 0) is 53.8 Å². The van der Waals surface area contributed by atoms with Crippen LogP contribution in [0.25, 0.3) is 0 Å². The zero-order valence-electron chi connectivity index (χ0n) is 19.8. The first-order valence-electron chi connectivity index (χ1n) is 11.3. The van der Waals surface area contributed by atoms with Crippen LogP contribution >= 0.6 is 23.4 Å². The van der Waals surface area contributed by atoms with Crippen LogP contribution < -0.4 is 10.1 Å². The highest BCUT2D eigenvalue weighted by atomic mass is 35.5. The molecule has 1 aliphatic heterocycles. The molecule has 6 nitrogen and oxygen atoms in total. The Morgan fingerprint density at radius 1 is 1.17 bits per heavy atom. The van der Waals surface area contributed by atoms with E-state index in [9.17, 15) is 14.9 Å². The van der Waals surface area contributed by atoms with E-state index in [1.54, 1.807) is 31.4 Å². The molecule has 180 valence electrons. The van der Waals surface area contributed by atoms with Crippen LogP contribution in [0.4, 0.5) is 5.69 Å². The Labute approximate surface area is 214 Å². The number of methoxy groups -OCH3 is 1. The lowest BCUT2D eigenvalue weighted by Crippen LogP contribution is -2.42. The van der Waals surface area contributed by atoms with E-state index in [4.69, 9.17) is 21.3 Å². The third-order valence-corrected chi connectivity index (χ3v) is 7.44. The molecule has 0 bridgehead atoms. The van der Waals surface area contributed by atoms with Crippen LogP contribution in [0.2, 0.25) is 5.02 Å². The molecule has 1 fully saturated rings. The van der Waals surface area contributed by atoms with Gasteiger partial charge < -0.3 is 10.1 Å². The van der Waals surface area contributed by atoms with Crippen molar-refractivity contribution in [3.63, 3.8) is 0 Å². The fourth-order valence-corrected chi connectivity index (χ4v) is 5.65. The molecular weight excluding hydrogens is 482 g/mol. The Bertz CT molecular complexity index is 1240. The molecule has 2 aromatic rings. The van der Waals surface area contributed by atoms with Crippen molar-refractivity contribution in [2.24, 2.45) is 16.3 Å². The van der Waals surface area contributed by atoms with Crippen LogP contribution in [0, 0.1) is 22.7 Å². The second kappa shape index (κ2) is 10.3. The van der Waals surface area contributed by atoms with Gasteiger partial charge in [0.2, 0.25) is 5.91 Å². The number of ketones is 1. The predicted molar refractivity (Wildman–Crippen MR) is 140 cm³/mol. The van der Waals surface area contributed by atoms with Crippen molar-refractivity contribution in [1.29, 1.82) is 5.26 Å². The largest absolute Gasteiger partial charge is 0.497 e. The van der Waals surface area contributed by atoms with E-state index in [1.807, 2.05) is 24.3 Å². The fraction of sp³-hybridized carbons (Fsp3) is 0.333. The summed E-state index contributed by atoms with van der Waals surface area (Å²) in [5.74, 6) is -0.256. The number of hydrogen-bond donors (Lipinski definition) is 1. The highest BCUT2D eigenvalue weighted by Crippen LogP contribution is 2.48. The van der Waals surface area contributed by atoms with E-state index in [0.717, 1.165) is 11.3 Å². The van der Waals surface area contributed by atoms with E-state index in [-0.39, 0.29) is 22.9 Å². The lowest BCUT2D eigenvalue weighted by molar-refractivity contribution is -0.124. The van der Waals surface area contributed by atoms with Gasteiger partial charge in [-0.25, -0.2) is 4.99 Å². The quantitative estimate of drug-likeness (QED) is 0.517. The number of nitriles is 1. The number of thioether (sulfide) groups is 1. The summed E-state index contributed by atoms with van der Waals surface area (Å²) in [5.41, 5.74) is 2.49. The van der Waals surface area contributed by atoms with Crippen molar-refractivity contribution in [2.75, 3.05) is 18.2 Å². The number of nitrogens with zero attached hydrogens (tertiary/aromatic N) is 2. The lowest BCUT2D eigenvalue weighted by Gasteiger charge is -2.40. The van der Waals surface area contributed by atoms with Gasteiger partial charge in [0.15, 0.2) is 0 Å². The minimum atomic E-state index is -0.474. The highest BCUT2D eigenvalue weighted by molar-refractivity contribution is 8.03. The molecule has 2 aromatic carbocycles. The number of benzene rings is 2. The van der Waals surface area contributed by atoms with Crippen molar-refractivity contribution < 1.29 is 14.3 Å². The van der Waals surface area contributed by atoms with Crippen LogP contribution in [0.15, 0.2) is 64.1 Å². The molecule has 2 aliphatic rings. The number of halogens is 1. The molecular formula is C27H26ClN3O3S. The fourth-order valence-electron chi connectivity index (χ4n) is 4.67. The van der Waals surface area contributed by atoms with Crippen LogP contribution in [-0.2, 0) is 9.59 Å². The Balaban J connectivity index is 1.65. The van der Waals surface area contributed by atoms with Gasteiger partial charge in [0.25, 0.3) is 0 Å². The molecule has 0 saturated heterocycles. The van der Waals surface area contributed by atoms with Gasteiger partial charge >= 0.3 is 0 Å². The van der Waals surface area contributed by atoms with E-state index < -0.39 is 11.8 Å². The van der Waals surface area contributed by atoms with Crippen molar-refractivity contribution >= 4 is 46.5 Å². The molecule has 1 heterocycles. The zero-order chi connectivity index (χ0) is 25.2. The van der Waals surface area contributed by atoms with Crippen molar-refractivity contribution in [3.8, 4) is 11.8 Å². The van der Waals surface area contributed by atoms with Gasteiger partial charge in [0.05, 0.1) is 30.4 Å². The molecule has 35 heavy (non-hydrogen) atoms. The number of Topliss-reactive ketones (excluding diaryl/α,β-unsaturated/α-hetero) is 1. The average Bonchev–Trinajstić information content (AvgIpc) is 2.82. The summed E-state index contributed by atoms with van der Waals surface area (Å²) in [6.45, 7) is 4.11. The van der Waals surface area contributed by atoms with Gasteiger partial charge in [-0.15, -0.1) is 0 Å².